The van der Waals surface area contributed by atoms with Crippen LogP contribution in [0.3, 0.4) is 0 Å². The van der Waals surface area contributed by atoms with Crippen LogP contribution in [0.5, 0.6) is 0 Å². The van der Waals surface area contributed by atoms with Crippen LogP contribution in [0.2, 0.25) is 0 Å². The highest BCUT2D eigenvalue weighted by Crippen LogP contribution is 2.47. The van der Waals surface area contributed by atoms with E-state index in [0.717, 1.165) is 23.1 Å². The van der Waals surface area contributed by atoms with Crippen LogP contribution in [0.15, 0.2) is 34.8 Å². The standard InChI is InChI=1S/C15H10BrF3N4O6/c1-2-20(12-4-3-8(21(24)25)6-11(12)16)14-10(15(17,18)19)5-9(22(26)27)7-13(14)23(28)29/h3-7H,2H2,1H3. The molecule has 0 heterocycles. The van der Waals surface area contributed by atoms with Gasteiger partial charge in [-0.25, -0.2) is 0 Å². The first-order valence-electron chi connectivity index (χ1n) is 7.64. The van der Waals surface area contributed by atoms with Crippen molar-refractivity contribution in [3.63, 3.8) is 0 Å². The van der Waals surface area contributed by atoms with E-state index in [1.165, 1.54) is 6.92 Å². The van der Waals surface area contributed by atoms with E-state index in [-0.39, 0.29) is 28.5 Å². The molecule has 0 aromatic heterocycles. The summed E-state index contributed by atoms with van der Waals surface area (Å²) in [6.45, 7) is 1.19. The second kappa shape index (κ2) is 7.98. The zero-order chi connectivity index (χ0) is 22.1. The summed E-state index contributed by atoms with van der Waals surface area (Å²) in [7, 11) is 0. The first-order chi connectivity index (χ1) is 13.4. The Hall–Kier alpha value is -3.29. The molecule has 0 atom stereocenters. The lowest BCUT2D eigenvalue weighted by molar-refractivity contribution is -0.394. The summed E-state index contributed by atoms with van der Waals surface area (Å²) in [6, 6.07) is 3.82. The first-order valence-corrected chi connectivity index (χ1v) is 8.43. The molecule has 0 fully saturated rings. The molecule has 0 bridgehead atoms. The highest BCUT2D eigenvalue weighted by molar-refractivity contribution is 9.10. The van der Waals surface area contributed by atoms with Gasteiger partial charge in [-0.05, 0) is 28.9 Å². The van der Waals surface area contributed by atoms with Crippen molar-refractivity contribution in [1.82, 2.24) is 0 Å². The summed E-state index contributed by atoms with van der Waals surface area (Å²) in [5, 5.41) is 33.3. The Morgan fingerprint density at radius 1 is 0.966 bits per heavy atom. The SMILES string of the molecule is CCN(c1ccc([N+](=O)[O-])cc1Br)c1c([N+](=O)[O-])cc([N+](=O)[O-])cc1C(F)(F)F. The molecule has 154 valence electrons. The molecule has 0 aliphatic rings. The van der Waals surface area contributed by atoms with Crippen LogP contribution in [0.1, 0.15) is 12.5 Å². The summed E-state index contributed by atoms with van der Waals surface area (Å²) in [4.78, 5) is 31.1. The van der Waals surface area contributed by atoms with Gasteiger partial charge in [0, 0.05) is 29.2 Å². The average molecular weight is 479 g/mol. The van der Waals surface area contributed by atoms with Crippen LogP contribution in [-0.4, -0.2) is 21.3 Å². The topological polar surface area (TPSA) is 133 Å². The van der Waals surface area contributed by atoms with Gasteiger partial charge in [0.05, 0.1) is 32.1 Å². The Balaban J connectivity index is 2.87. The predicted octanol–water partition coefficient (Wildman–Crippen LogP) is 5.35. The van der Waals surface area contributed by atoms with Gasteiger partial charge in [0.1, 0.15) is 5.69 Å². The molecule has 0 saturated carbocycles. The van der Waals surface area contributed by atoms with Crippen molar-refractivity contribution in [3.8, 4) is 0 Å². The fourth-order valence-electron chi connectivity index (χ4n) is 2.63. The van der Waals surface area contributed by atoms with E-state index >= 15 is 0 Å². The second-order valence-corrected chi connectivity index (χ2v) is 6.36. The summed E-state index contributed by atoms with van der Waals surface area (Å²) in [6.07, 6.45) is -5.15. The number of non-ortho nitro benzene ring substituents is 2. The normalized spacial score (nSPS) is 11.2. The molecular formula is C15H10BrF3N4O6. The molecule has 2 aromatic rings. The lowest BCUT2D eigenvalue weighted by Crippen LogP contribution is -2.23. The Labute approximate surface area is 168 Å². The number of rotatable bonds is 6. The number of hydrogen-bond acceptors (Lipinski definition) is 7. The number of alkyl halides is 3. The quantitative estimate of drug-likeness (QED) is 0.403. The van der Waals surface area contributed by atoms with E-state index in [4.69, 9.17) is 0 Å². The number of hydrogen-bond donors (Lipinski definition) is 0. The van der Waals surface area contributed by atoms with Gasteiger partial charge < -0.3 is 4.90 Å². The van der Waals surface area contributed by atoms with Crippen LogP contribution in [0, 0.1) is 30.3 Å². The third-order valence-electron chi connectivity index (χ3n) is 3.81. The van der Waals surface area contributed by atoms with Gasteiger partial charge in [-0.1, -0.05) is 0 Å². The number of nitro groups is 3. The highest BCUT2D eigenvalue weighted by atomic mass is 79.9. The Morgan fingerprint density at radius 3 is 1.97 bits per heavy atom. The zero-order valence-corrected chi connectivity index (χ0v) is 15.9. The number of nitrogens with zero attached hydrogens (tertiary/aromatic N) is 4. The molecule has 0 aliphatic heterocycles. The van der Waals surface area contributed by atoms with Crippen molar-refractivity contribution >= 4 is 44.4 Å². The predicted molar refractivity (Wildman–Crippen MR) is 98.2 cm³/mol. The molecular weight excluding hydrogens is 469 g/mol. The van der Waals surface area contributed by atoms with Gasteiger partial charge in [-0.15, -0.1) is 0 Å². The van der Waals surface area contributed by atoms with Crippen molar-refractivity contribution < 1.29 is 27.9 Å². The minimum atomic E-state index is -5.15. The van der Waals surface area contributed by atoms with Gasteiger partial charge >= 0.3 is 6.18 Å². The third-order valence-corrected chi connectivity index (χ3v) is 4.44. The second-order valence-electron chi connectivity index (χ2n) is 5.51. The highest BCUT2D eigenvalue weighted by Gasteiger charge is 2.41. The molecule has 0 radical (unpaired) electrons. The van der Waals surface area contributed by atoms with E-state index in [9.17, 15) is 43.5 Å². The van der Waals surface area contributed by atoms with Crippen LogP contribution in [-0.2, 0) is 6.18 Å². The van der Waals surface area contributed by atoms with Gasteiger partial charge in [0.15, 0.2) is 0 Å². The van der Waals surface area contributed by atoms with Crippen molar-refractivity contribution in [3.05, 3.63) is 70.7 Å². The van der Waals surface area contributed by atoms with Gasteiger partial charge in [0.25, 0.3) is 17.1 Å². The number of benzene rings is 2. The van der Waals surface area contributed by atoms with Crippen LogP contribution in [0.4, 0.5) is 41.6 Å². The number of nitro benzene ring substituents is 3. The summed E-state index contributed by atoms with van der Waals surface area (Å²) in [5.74, 6) is 0. The summed E-state index contributed by atoms with van der Waals surface area (Å²) < 4.78 is 40.9. The van der Waals surface area contributed by atoms with E-state index in [2.05, 4.69) is 15.9 Å². The molecule has 2 aromatic carbocycles. The van der Waals surface area contributed by atoms with Gasteiger partial charge in [-0.3, -0.25) is 30.3 Å². The maximum atomic E-state index is 13.6. The van der Waals surface area contributed by atoms with E-state index < -0.39 is 43.6 Å². The molecule has 14 heteroatoms. The van der Waals surface area contributed by atoms with Crippen LogP contribution in [0.25, 0.3) is 0 Å². The van der Waals surface area contributed by atoms with Crippen LogP contribution < -0.4 is 4.90 Å². The van der Waals surface area contributed by atoms with Gasteiger partial charge in [-0.2, -0.15) is 13.2 Å². The molecule has 0 spiro atoms. The third kappa shape index (κ3) is 4.42. The molecule has 0 saturated heterocycles. The molecule has 0 N–H and O–H groups in total. The maximum Gasteiger partial charge on any atom is 0.418 e. The Bertz CT molecular complexity index is 1010. The minimum absolute atomic E-state index is 0.00863. The Kier molecular flexibility index (Phi) is 6.06. The molecule has 0 amide bonds. The van der Waals surface area contributed by atoms with Crippen LogP contribution >= 0.6 is 15.9 Å². The van der Waals surface area contributed by atoms with Crippen molar-refractivity contribution in [1.29, 1.82) is 0 Å². The zero-order valence-electron chi connectivity index (χ0n) is 14.3. The fraction of sp³-hybridized carbons (Fsp3) is 0.200. The molecule has 29 heavy (non-hydrogen) atoms. The average Bonchev–Trinajstić information content (AvgIpc) is 2.61. The van der Waals surface area contributed by atoms with Crippen molar-refractivity contribution in [2.75, 3.05) is 11.4 Å². The minimum Gasteiger partial charge on any atom is -0.335 e. The van der Waals surface area contributed by atoms with Crippen molar-refractivity contribution in [2.24, 2.45) is 0 Å². The lowest BCUT2D eigenvalue weighted by Gasteiger charge is -2.27. The molecule has 2 rings (SSSR count). The monoisotopic (exact) mass is 478 g/mol. The molecule has 0 aliphatic carbocycles. The molecule has 0 unspecified atom stereocenters. The Morgan fingerprint density at radius 2 is 1.55 bits per heavy atom. The van der Waals surface area contributed by atoms with E-state index in [0.29, 0.717) is 6.07 Å². The number of halogens is 4. The summed E-state index contributed by atoms with van der Waals surface area (Å²) in [5.41, 5.74) is -5.09. The first kappa shape index (κ1) is 22.0. The molecule has 10 nitrogen and oxygen atoms in total. The van der Waals surface area contributed by atoms with E-state index in [1.807, 2.05) is 0 Å². The fourth-order valence-corrected chi connectivity index (χ4v) is 3.21. The smallest absolute Gasteiger partial charge is 0.335 e. The number of anilines is 2. The van der Waals surface area contributed by atoms with Crippen molar-refractivity contribution in [2.45, 2.75) is 13.1 Å². The lowest BCUT2D eigenvalue weighted by atomic mass is 10.1. The van der Waals surface area contributed by atoms with Gasteiger partial charge in [0.2, 0.25) is 0 Å². The maximum absolute atomic E-state index is 13.6. The van der Waals surface area contributed by atoms with E-state index in [1.54, 1.807) is 0 Å². The summed E-state index contributed by atoms with van der Waals surface area (Å²) >= 11 is 3.02. The largest absolute Gasteiger partial charge is 0.418 e.